The molecule has 106 valence electrons. The Balaban J connectivity index is 1.96. The zero-order valence-corrected chi connectivity index (χ0v) is 12.2. The number of aromatic nitrogens is 3. The van der Waals surface area contributed by atoms with Gasteiger partial charge in [0, 0.05) is 18.8 Å². The maximum Gasteiger partial charge on any atom is 0.242 e. The molecule has 0 aliphatic carbocycles. The standard InChI is InChI=1S/C14H17ClN4O/c1-10-4-5-11-14(16-10)19(12(8-15)17-11)9-13(20)18-6-2-3-7-18/h4-5H,2-3,6-9H2,1H3. The predicted molar refractivity (Wildman–Crippen MR) is 77.6 cm³/mol. The van der Waals surface area contributed by atoms with E-state index in [1.165, 1.54) is 0 Å². The second kappa shape index (κ2) is 5.40. The number of carbonyl (C=O) groups excluding carboxylic acids is 1. The Morgan fingerprint density at radius 1 is 1.30 bits per heavy atom. The van der Waals surface area contributed by atoms with Crippen LogP contribution in [0.5, 0.6) is 0 Å². The van der Waals surface area contributed by atoms with Gasteiger partial charge in [-0.1, -0.05) is 0 Å². The Morgan fingerprint density at radius 2 is 2.05 bits per heavy atom. The number of carbonyl (C=O) groups is 1. The van der Waals surface area contributed by atoms with Crippen LogP contribution in [0.3, 0.4) is 0 Å². The number of halogens is 1. The molecule has 1 amide bonds. The molecule has 1 saturated heterocycles. The predicted octanol–water partition coefficient (Wildman–Crippen LogP) is 2.10. The minimum absolute atomic E-state index is 0.122. The molecule has 2 aromatic heterocycles. The Hall–Kier alpha value is -1.62. The van der Waals surface area contributed by atoms with Crippen molar-refractivity contribution in [2.24, 2.45) is 0 Å². The van der Waals surface area contributed by atoms with Gasteiger partial charge >= 0.3 is 0 Å². The van der Waals surface area contributed by atoms with Crippen molar-refractivity contribution in [1.29, 1.82) is 0 Å². The number of hydrogen-bond donors (Lipinski definition) is 0. The SMILES string of the molecule is Cc1ccc2nc(CCl)n(CC(=O)N3CCCC3)c2n1. The highest BCUT2D eigenvalue weighted by Crippen LogP contribution is 2.17. The second-order valence-electron chi connectivity index (χ2n) is 5.13. The van der Waals surface area contributed by atoms with Gasteiger partial charge in [-0.05, 0) is 31.9 Å². The van der Waals surface area contributed by atoms with Gasteiger partial charge in [-0.25, -0.2) is 9.97 Å². The quantitative estimate of drug-likeness (QED) is 0.814. The Kier molecular flexibility index (Phi) is 3.61. The van der Waals surface area contributed by atoms with Gasteiger partial charge in [-0.15, -0.1) is 11.6 Å². The molecule has 0 bridgehead atoms. The van der Waals surface area contributed by atoms with Gasteiger partial charge in [0.25, 0.3) is 0 Å². The highest BCUT2D eigenvalue weighted by Gasteiger charge is 2.21. The first-order valence-electron chi connectivity index (χ1n) is 6.85. The van der Waals surface area contributed by atoms with Crippen LogP contribution in [0.15, 0.2) is 12.1 Å². The Bertz CT molecular complexity index is 646. The van der Waals surface area contributed by atoms with Crippen molar-refractivity contribution in [3.63, 3.8) is 0 Å². The topological polar surface area (TPSA) is 51.0 Å². The van der Waals surface area contributed by atoms with E-state index in [0.29, 0.717) is 5.82 Å². The number of pyridine rings is 1. The summed E-state index contributed by atoms with van der Waals surface area (Å²) in [5, 5.41) is 0. The molecule has 0 N–H and O–H groups in total. The van der Waals surface area contributed by atoms with Gasteiger partial charge in [0.1, 0.15) is 17.9 Å². The number of hydrogen-bond acceptors (Lipinski definition) is 3. The van der Waals surface area contributed by atoms with Crippen LogP contribution in [-0.2, 0) is 17.2 Å². The fraction of sp³-hybridized carbons (Fsp3) is 0.500. The molecule has 3 heterocycles. The lowest BCUT2D eigenvalue weighted by molar-refractivity contribution is -0.130. The molecule has 0 unspecified atom stereocenters. The van der Waals surface area contributed by atoms with Crippen molar-refractivity contribution in [2.75, 3.05) is 13.1 Å². The zero-order chi connectivity index (χ0) is 14.1. The van der Waals surface area contributed by atoms with E-state index >= 15 is 0 Å². The van der Waals surface area contributed by atoms with E-state index in [1.54, 1.807) is 0 Å². The summed E-state index contributed by atoms with van der Waals surface area (Å²) in [4.78, 5) is 23.2. The number of rotatable bonds is 3. The number of nitrogens with zero attached hydrogens (tertiary/aromatic N) is 4. The molecular formula is C14H17ClN4O. The van der Waals surface area contributed by atoms with Gasteiger partial charge in [0.05, 0.1) is 5.88 Å². The molecule has 0 saturated carbocycles. The average molecular weight is 293 g/mol. The summed E-state index contributed by atoms with van der Waals surface area (Å²) >= 11 is 5.95. The van der Waals surface area contributed by atoms with Crippen LogP contribution >= 0.6 is 11.6 Å². The highest BCUT2D eigenvalue weighted by molar-refractivity contribution is 6.16. The van der Waals surface area contributed by atoms with E-state index in [4.69, 9.17) is 11.6 Å². The molecule has 2 aromatic rings. The van der Waals surface area contributed by atoms with Gasteiger partial charge in [-0.2, -0.15) is 0 Å². The second-order valence-corrected chi connectivity index (χ2v) is 5.40. The van der Waals surface area contributed by atoms with E-state index in [9.17, 15) is 4.79 Å². The summed E-state index contributed by atoms with van der Waals surface area (Å²) in [6, 6.07) is 3.84. The molecular weight excluding hydrogens is 276 g/mol. The van der Waals surface area contributed by atoms with Crippen molar-refractivity contribution < 1.29 is 4.79 Å². The molecule has 1 fully saturated rings. The van der Waals surface area contributed by atoms with Crippen LogP contribution < -0.4 is 0 Å². The van der Waals surface area contributed by atoms with Crippen molar-refractivity contribution >= 4 is 28.7 Å². The Labute approximate surface area is 122 Å². The summed E-state index contributed by atoms with van der Waals surface area (Å²) in [7, 11) is 0. The summed E-state index contributed by atoms with van der Waals surface area (Å²) in [5.41, 5.74) is 2.45. The first-order valence-corrected chi connectivity index (χ1v) is 7.39. The minimum Gasteiger partial charge on any atom is -0.341 e. The van der Waals surface area contributed by atoms with E-state index in [-0.39, 0.29) is 18.3 Å². The van der Waals surface area contributed by atoms with E-state index in [2.05, 4.69) is 9.97 Å². The first-order chi connectivity index (χ1) is 9.69. The van der Waals surface area contributed by atoms with Crippen LogP contribution in [0.2, 0.25) is 0 Å². The van der Waals surface area contributed by atoms with E-state index < -0.39 is 0 Å². The smallest absolute Gasteiger partial charge is 0.242 e. The molecule has 0 atom stereocenters. The van der Waals surface area contributed by atoms with Crippen LogP contribution in [0.25, 0.3) is 11.2 Å². The molecule has 3 rings (SSSR count). The third kappa shape index (κ3) is 2.38. The van der Waals surface area contributed by atoms with Crippen LogP contribution in [-0.4, -0.2) is 38.4 Å². The number of likely N-dealkylation sites (tertiary alicyclic amines) is 1. The van der Waals surface area contributed by atoms with Crippen LogP contribution in [0, 0.1) is 6.92 Å². The summed E-state index contributed by atoms with van der Waals surface area (Å²) in [6.07, 6.45) is 2.19. The number of alkyl halides is 1. The molecule has 0 aromatic carbocycles. The van der Waals surface area contributed by atoms with Crippen LogP contribution in [0.1, 0.15) is 24.4 Å². The lowest BCUT2D eigenvalue weighted by atomic mass is 10.3. The first kappa shape index (κ1) is 13.4. The number of aryl methyl sites for hydroxylation is 1. The molecule has 1 aliphatic rings. The molecule has 0 radical (unpaired) electrons. The van der Waals surface area contributed by atoms with Gasteiger partial charge in [-0.3, -0.25) is 4.79 Å². The largest absolute Gasteiger partial charge is 0.341 e. The maximum absolute atomic E-state index is 12.3. The van der Waals surface area contributed by atoms with E-state index in [1.807, 2.05) is 28.5 Å². The monoisotopic (exact) mass is 292 g/mol. The minimum atomic E-state index is 0.122. The molecule has 5 nitrogen and oxygen atoms in total. The number of fused-ring (bicyclic) bond motifs is 1. The number of amides is 1. The van der Waals surface area contributed by atoms with Crippen molar-refractivity contribution in [1.82, 2.24) is 19.4 Å². The number of imidazole rings is 1. The van der Waals surface area contributed by atoms with E-state index in [0.717, 1.165) is 42.8 Å². The lowest BCUT2D eigenvalue weighted by Gasteiger charge is -2.16. The average Bonchev–Trinajstić information content (AvgIpc) is 3.07. The summed E-state index contributed by atoms with van der Waals surface area (Å²) in [6.45, 7) is 3.91. The van der Waals surface area contributed by atoms with Gasteiger partial charge in [0.15, 0.2) is 5.65 Å². The summed E-state index contributed by atoms with van der Waals surface area (Å²) in [5.74, 6) is 1.10. The fourth-order valence-electron chi connectivity index (χ4n) is 2.61. The molecule has 20 heavy (non-hydrogen) atoms. The fourth-order valence-corrected chi connectivity index (χ4v) is 2.82. The highest BCUT2D eigenvalue weighted by atomic mass is 35.5. The van der Waals surface area contributed by atoms with Crippen molar-refractivity contribution in [3.8, 4) is 0 Å². The van der Waals surface area contributed by atoms with Gasteiger partial charge in [0.2, 0.25) is 5.91 Å². The maximum atomic E-state index is 12.3. The zero-order valence-electron chi connectivity index (χ0n) is 11.5. The van der Waals surface area contributed by atoms with Crippen molar-refractivity contribution in [3.05, 3.63) is 23.7 Å². The normalized spacial score (nSPS) is 15.2. The third-order valence-corrected chi connectivity index (χ3v) is 3.92. The molecule has 6 heteroatoms. The van der Waals surface area contributed by atoms with Crippen LogP contribution in [0.4, 0.5) is 0 Å². The third-order valence-electron chi connectivity index (χ3n) is 3.68. The van der Waals surface area contributed by atoms with Gasteiger partial charge < -0.3 is 9.47 Å². The van der Waals surface area contributed by atoms with Crippen molar-refractivity contribution in [2.45, 2.75) is 32.2 Å². The Morgan fingerprint density at radius 3 is 2.75 bits per heavy atom. The molecule has 0 spiro atoms. The molecule has 1 aliphatic heterocycles. The lowest BCUT2D eigenvalue weighted by Crippen LogP contribution is -2.31. The summed E-state index contributed by atoms with van der Waals surface area (Å²) < 4.78 is 1.84.